The van der Waals surface area contributed by atoms with E-state index in [4.69, 9.17) is 16.1 Å². The van der Waals surface area contributed by atoms with Gasteiger partial charge in [-0.3, -0.25) is 9.58 Å². The number of aryl methyl sites for hydroxylation is 2. The number of likely N-dealkylation sites (tertiary alicyclic amines) is 1. The molecular formula is C20H33ClN6O. The lowest BCUT2D eigenvalue weighted by Crippen LogP contribution is -2.30. The molecule has 0 aliphatic carbocycles. The maximum absolute atomic E-state index is 6.49. The molecule has 0 radical (unpaired) electrons. The van der Waals surface area contributed by atoms with Gasteiger partial charge < -0.3 is 9.42 Å². The maximum atomic E-state index is 6.49. The highest BCUT2D eigenvalue weighted by Gasteiger charge is 2.25. The van der Waals surface area contributed by atoms with Gasteiger partial charge in [0.15, 0.2) is 11.5 Å². The van der Waals surface area contributed by atoms with Crippen molar-refractivity contribution < 1.29 is 4.52 Å². The zero-order valence-electron chi connectivity index (χ0n) is 17.6. The average molecular weight is 409 g/mol. The SMILES string of the molecule is CN1CCCCCC1.Cc1noc(-c2nn3c(c2Cl)CN(C(C)C)CCC3)n1. The number of aromatic nitrogens is 4. The first kappa shape index (κ1) is 21.3. The van der Waals surface area contributed by atoms with Gasteiger partial charge in [0.25, 0.3) is 5.89 Å². The van der Waals surface area contributed by atoms with Crippen molar-refractivity contribution in [1.29, 1.82) is 0 Å². The summed E-state index contributed by atoms with van der Waals surface area (Å²) in [4.78, 5) is 9.03. The molecule has 0 saturated carbocycles. The molecule has 2 aromatic rings. The Labute approximate surface area is 173 Å². The number of fused-ring (bicyclic) bond motifs is 1. The van der Waals surface area contributed by atoms with E-state index in [0.717, 1.165) is 31.7 Å². The first-order valence-electron chi connectivity index (χ1n) is 10.4. The van der Waals surface area contributed by atoms with Crippen LogP contribution in [0.3, 0.4) is 0 Å². The molecule has 0 aromatic carbocycles. The smallest absolute Gasteiger partial charge is 0.279 e. The molecule has 156 valence electrons. The molecule has 2 aliphatic heterocycles. The summed E-state index contributed by atoms with van der Waals surface area (Å²) >= 11 is 6.49. The fourth-order valence-electron chi connectivity index (χ4n) is 3.71. The predicted octanol–water partition coefficient (Wildman–Crippen LogP) is 4.00. The van der Waals surface area contributed by atoms with Crippen LogP contribution in [0.4, 0.5) is 0 Å². The Morgan fingerprint density at radius 3 is 2.32 bits per heavy atom. The third-order valence-electron chi connectivity index (χ3n) is 5.45. The monoisotopic (exact) mass is 408 g/mol. The first-order chi connectivity index (χ1) is 13.5. The van der Waals surface area contributed by atoms with Gasteiger partial charge in [-0.15, -0.1) is 0 Å². The summed E-state index contributed by atoms with van der Waals surface area (Å²) in [5.74, 6) is 0.979. The largest absolute Gasteiger partial charge is 0.332 e. The molecule has 2 aromatic heterocycles. The van der Waals surface area contributed by atoms with Crippen molar-refractivity contribution in [2.75, 3.05) is 26.7 Å². The Kier molecular flexibility index (Phi) is 7.48. The summed E-state index contributed by atoms with van der Waals surface area (Å²) in [5.41, 5.74) is 1.62. The second kappa shape index (κ2) is 9.85. The molecule has 0 amide bonds. The second-order valence-electron chi connectivity index (χ2n) is 8.11. The molecule has 1 fully saturated rings. The van der Waals surface area contributed by atoms with Crippen LogP contribution in [0.25, 0.3) is 11.6 Å². The van der Waals surface area contributed by atoms with Crippen LogP contribution >= 0.6 is 11.6 Å². The fraction of sp³-hybridized carbons (Fsp3) is 0.750. The van der Waals surface area contributed by atoms with E-state index in [1.165, 1.54) is 38.8 Å². The van der Waals surface area contributed by atoms with Crippen LogP contribution in [0, 0.1) is 6.92 Å². The van der Waals surface area contributed by atoms with Crippen LogP contribution in [0.5, 0.6) is 0 Å². The lowest BCUT2D eigenvalue weighted by molar-refractivity contribution is 0.216. The summed E-state index contributed by atoms with van der Waals surface area (Å²) in [6, 6.07) is 0.488. The Balaban J connectivity index is 0.000000236. The van der Waals surface area contributed by atoms with Gasteiger partial charge in [-0.05, 0) is 60.2 Å². The molecule has 0 N–H and O–H groups in total. The van der Waals surface area contributed by atoms with E-state index >= 15 is 0 Å². The van der Waals surface area contributed by atoms with Gasteiger partial charge in [0.05, 0.1) is 10.7 Å². The van der Waals surface area contributed by atoms with Crippen LogP contribution in [-0.2, 0) is 13.1 Å². The lowest BCUT2D eigenvalue weighted by Gasteiger charge is -2.23. The molecule has 0 bridgehead atoms. The zero-order valence-corrected chi connectivity index (χ0v) is 18.4. The van der Waals surface area contributed by atoms with Crippen LogP contribution in [-0.4, -0.2) is 62.4 Å². The minimum atomic E-state index is 0.393. The molecule has 28 heavy (non-hydrogen) atoms. The molecule has 8 heteroatoms. The molecular weight excluding hydrogens is 376 g/mol. The molecule has 0 unspecified atom stereocenters. The van der Waals surface area contributed by atoms with E-state index in [1.807, 2.05) is 4.68 Å². The third kappa shape index (κ3) is 5.33. The number of hydrogen-bond acceptors (Lipinski definition) is 6. The molecule has 4 heterocycles. The summed E-state index contributed by atoms with van der Waals surface area (Å²) in [5, 5.41) is 8.97. The van der Waals surface area contributed by atoms with Crippen LogP contribution in [0.1, 0.15) is 57.5 Å². The standard InChI is InChI=1S/C13H18ClN5O.C7H15N/c1-8(2)18-5-4-6-19-10(7-18)11(14)12(16-19)13-15-9(3)17-20-13;1-8-6-4-2-3-5-7-8/h8H,4-7H2,1-3H3;2-7H2,1H3. The molecule has 0 atom stereocenters. The van der Waals surface area contributed by atoms with E-state index in [1.54, 1.807) is 6.92 Å². The van der Waals surface area contributed by atoms with E-state index in [2.05, 4.69) is 45.9 Å². The van der Waals surface area contributed by atoms with E-state index in [0.29, 0.717) is 28.5 Å². The van der Waals surface area contributed by atoms with E-state index < -0.39 is 0 Å². The summed E-state index contributed by atoms with van der Waals surface area (Å²) < 4.78 is 7.15. The van der Waals surface area contributed by atoms with Crippen LogP contribution in [0.15, 0.2) is 4.52 Å². The van der Waals surface area contributed by atoms with E-state index in [-0.39, 0.29) is 0 Å². The molecule has 1 saturated heterocycles. The Morgan fingerprint density at radius 2 is 1.71 bits per heavy atom. The number of hydrogen-bond donors (Lipinski definition) is 0. The topological polar surface area (TPSA) is 63.2 Å². The number of halogens is 1. The maximum Gasteiger partial charge on any atom is 0.279 e. The average Bonchev–Trinajstić information content (AvgIpc) is 3.01. The normalized spacial score (nSPS) is 18.9. The zero-order chi connectivity index (χ0) is 20.1. The van der Waals surface area contributed by atoms with Crippen molar-refractivity contribution in [3.63, 3.8) is 0 Å². The van der Waals surface area contributed by atoms with Gasteiger partial charge in [-0.2, -0.15) is 10.1 Å². The van der Waals surface area contributed by atoms with Gasteiger partial charge in [-0.1, -0.05) is 29.6 Å². The summed E-state index contributed by atoms with van der Waals surface area (Å²) in [7, 11) is 2.21. The number of nitrogens with zero attached hydrogens (tertiary/aromatic N) is 6. The molecule has 2 aliphatic rings. The van der Waals surface area contributed by atoms with Crippen molar-refractivity contribution in [3.8, 4) is 11.6 Å². The van der Waals surface area contributed by atoms with Gasteiger partial charge in [0.1, 0.15) is 0 Å². The van der Waals surface area contributed by atoms with Gasteiger partial charge >= 0.3 is 0 Å². The van der Waals surface area contributed by atoms with Crippen molar-refractivity contribution in [1.82, 2.24) is 29.7 Å². The van der Waals surface area contributed by atoms with Gasteiger partial charge in [0.2, 0.25) is 0 Å². The minimum absolute atomic E-state index is 0.393. The highest BCUT2D eigenvalue weighted by molar-refractivity contribution is 6.33. The molecule has 0 spiro atoms. The van der Waals surface area contributed by atoms with Crippen molar-refractivity contribution in [2.24, 2.45) is 0 Å². The van der Waals surface area contributed by atoms with Crippen LogP contribution < -0.4 is 0 Å². The van der Waals surface area contributed by atoms with E-state index in [9.17, 15) is 0 Å². The highest BCUT2D eigenvalue weighted by Crippen LogP contribution is 2.31. The predicted molar refractivity (Wildman–Crippen MR) is 111 cm³/mol. The molecule has 7 nitrogen and oxygen atoms in total. The Morgan fingerprint density at radius 1 is 1.00 bits per heavy atom. The third-order valence-corrected chi connectivity index (χ3v) is 5.85. The van der Waals surface area contributed by atoms with Gasteiger partial charge in [-0.25, -0.2) is 0 Å². The minimum Gasteiger partial charge on any atom is -0.332 e. The van der Waals surface area contributed by atoms with Gasteiger partial charge in [0, 0.05) is 25.7 Å². The first-order valence-corrected chi connectivity index (χ1v) is 10.8. The fourth-order valence-corrected chi connectivity index (χ4v) is 3.98. The Bertz CT molecular complexity index is 748. The van der Waals surface area contributed by atoms with Crippen molar-refractivity contribution >= 4 is 11.6 Å². The van der Waals surface area contributed by atoms with Crippen LogP contribution in [0.2, 0.25) is 5.02 Å². The second-order valence-corrected chi connectivity index (χ2v) is 8.49. The summed E-state index contributed by atoms with van der Waals surface area (Å²) in [6.45, 7) is 11.5. The Hall–Kier alpha value is -1.44. The quantitative estimate of drug-likeness (QED) is 0.748. The number of rotatable bonds is 2. The molecule has 4 rings (SSSR count). The lowest BCUT2D eigenvalue weighted by atomic mass is 10.2. The summed E-state index contributed by atoms with van der Waals surface area (Å²) in [6.07, 6.45) is 6.78. The van der Waals surface area contributed by atoms with Crippen molar-refractivity contribution in [3.05, 3.63) is 16.5 Å². The van der Waals surface area contributed by atoms with Crippen molar-refractivity contribution in [2.45, 2.75) is 72.0 Å². The highest BCUT2D eigenvalue weighted by atomic mass is 35.5.